The number of hydrogen-bond donors (Lipinski definition) is 1. The smallest absolute Gasteiger partial charge is 0.246 e. The predicted molar refractivity (Wildman–Crippen MR) is 122 cm³/mol. The van der Waals surface area contributed by atoms with Crippen LogP contribution in [0, 0.1) is 0 Å². The molecule has 8 heteroatoms. The van der Waals surface area contributed by atoms with Gasteiger partial charge in [0.25, 0.3) is 0 Å². The molecule has 0 spiro atoms. The first-order valence-electron chi connectivity index (χ1n) is 10.6. The molecule has 0 atom stereocenters. The standard InChI is InChI=1S/C23H32N2O5S/c1-5-25(6-2)31(27,28)22-17-19(14-15-21(22)30-8-4)24-23(26)16-13-18-11-9-10-12-20(18)29-7-3/h9-12,14-15,17H,5-8,13,16H2,1-4H3,(H,24,26). The number of sulfonamides is 1. The third-order valence-electron chi connectivity index (χ3n) is 4.74. The van der Waals surface area contributed by atoms with Crippen LogP contribution in [0.2, 0.25) is 0 Å². The van der Waals surface area contributed by atoms with Crippen molar-refractivity contribution in [3.05, 3.63) is 48.0 Å². The van der Waals surface area contributed by atoms with Crippen molar-refractivity contribution in [3.8, 4) is 11.5 Å². The maximum atomic E-state index is 13.1. The van der Waals surface area contributed by atoms with Gasteiger partial charge in [0, 0.05) is 25.2 Å². The summed E-state index contributed by atoms with van der Waals surface area (Å²) in [4.78, 5) is 12.6. The van der Waals surface area contributed by atoms with Crippen molar-refractivity contribution in [1.82, 2.24) is 4.31 Å². The number of carbonyl (C=O) groups is 1. The summed E-state index contributed by atoms with van der Waals surface area (Å²) in [5.41, 5.74) is 1.37. The summed E-state index contributed by atoms with van der Waals surface area (Å²) in [5, 5.41) is 2.80. The van der Waals surface area contributed by atoms with E-state index in [0.717, 1.165) is 11.3 Å². The summed E-state index contributed by atoms with van der Waals surface area (Å²) in [6.45, 7) is 8.87. The van der Waals surface area contributed by atoms with Crippen LogP contribution < -0.4 is 14.8 Å². The van der Waals surface area contributed by atoms with Crippen LogP contribution in [0.5, 0.6) is 11.5 Å². The van der Waals surface area contributed by atoms with Crippen LogP contribution in [-0.4, -0.2) is 44.9 Å². The van der Waals surface area contributed by atoms with Crippen molar-refractivity contribution >= 4 is 21.6 Å². The van der Waals surface area contributed by atoms with Gasteiger partial charge in [0.05, 0.1) is 13.2 Å². The van der Waals surface area contributed by atoms with Crippen LogP contribution in [0.25, 0.3) is 0 Å². The first-order valence-corrected chi connectivity index (χ1v) is 12.1. The van der Waals surface area contributed by atoms with Gasteiger partial charge in [-0.05, 0) is 50.1 Å². The van der Waals surface area contributed by atoms with E-state index in [1.165, 1.54) is 10.4 Å². The highest BCUT2D eigenvalue weighted by Gasteiger charge is 2.26. The van der Waals surface area contributed by atoms with Crippen LogP contribution in [0.3, 0.4) is 0 Å². The highest BCUT2D eigenvalue weighted by Crippen LogP contribution is 2.30. The molecule has 1 amide bonds. The van der Waals surface area contributed by atoms with Gasteiger partial charge in [0.2, 0.25) is 15.9 Å². The maximum absolute atomic E-state index is 13.1. The summed E-state index contributed by atoms with van der Waals surface area (Å²) in [6.07, 6.45) is 0.763. The van der Waals surface area contributed by atoms with E-state index in [2.05, 4.69) is 5.32 Å². The Balaban J connectivity index is 2.19. The lowest BCUT2D eigenvalue weighted by Gasteiger charge is -2.21. The van der Waals surface area contributed by atoms with Gasteiger partial charge < -0.3 is 14.8 Å². The Morgan fingerprint density at radius 3 is 2.23 bits per heavy atom. The third-order valence-corrected chi connectivity index (χ3v) is 6.82. The number of hydrogen-bond acceptors (Lipinski definition) is 5. The fraction of sp³-hybridized carbons (Fsp3) is 0.435. The molecule has 31 heavy (non-hydrogen) atoms. The minimum Gasteiger partial charge on any atom is -0.494 e. The molecule has 0 aliphatic rings. The average molecular weight is 449 g/mol. The topological polar surface area (TPSA) is 84.9 Å². The number of amides is 1. The zero-order chi connectivity index (χ0) is 22.9. The molecule has 0 aliphatic carbocycles. The maximum Gasteiger partial charge on any atom is 0.246 e. The molecule has 0 aromatic heterocycles. The second-order valence-electron chi connectivity index (χ2n) is 6.77. The molecule has 1 N–H and O–H groups in total. The van der Waals surface area contributed by atoms with Crippen molar-refractivity contribution in [3.63, 3.8) is 0 Å². The van der Waals surface area contributed by atoms with E-state index in [1.54, 1.807) is 32.9 Å². The fourth-order valence-corrected chi connectivity index (χ4v) is 4.86. The average Bonchev–Trinajstić information content (AvgIpc) is 2.75. The molecule has 7 nitrogen and oxygen atoms in total. The number of aryl methyl sites for hydroxylation is 1. The number of ether oxygens (including phenoxy) is 2. The lowest BCUT2D eigenvalue weighted by Crippen LogP contribution is -2.31. The summed E-state index contributed by atoms with van der Waals surface area (Å²) in [5.74, 6) is 0.839. The predicted octanol–water partition coefficient (Wildman–Crippen LogP) is 4.09. The van der Waals surface area contributed by atoms with E-state index in [-0.39, 0.29) is 23.0 Å². The SMILES string of the molecule is CCOc1ccccc1CCC(=O)Nc1ccc(OCC)c(S(=O)(=O)N(CC)CC)c1. The van der Waals surface area contributed by atoms with Crippen molar-refractivity contribution in [2.75, 3.05) is 31.6 Å². The van der Waals surface area contributed by atoms with Gasteiger partial charge in [0.1, 0.15) is 16.4 Å². The minimum absolute atomic E-state index is 0.0533. The zero-order valence-electron chi connectivity index (χ0n) is 18.7. The van der Waals surface area contributed by atoms with E-state index in [4.69, 9.17) is 9.47 Å². The van der Waals surface area contributed by atoms with Crippen LogP contribution >= 0.6 is 0 Å². The molecule has 0 radical (unpaired) electrons. The van der Waals surface area contributed by atoms with Gasteiger partial charge in [-0.2, -0.15) is 4.31 Å². The van der Waals surface area contributed by atoms with Gasteiger partial charge in [-0.3, -0.25) is 4.79 Å². The number of carbonyl (C=O) groups excluding carboxylic acids is 1. The fourth-order valence-electron chi connectivity index (χ4n) is 3.24. The summed E-state index contributed by atoms with van der Waals surface area (Å²) >= 11 is 0. The van der Waals surface area contributed by atoms with Gasteiger partial charge in [-0.15, -0.1) is 0 Å². The molecule has 0 saturated heterocycles. The molecule has 2 aromatic rings. The molecular weight excluding hydrogens is 416 g/mol. The zero-order valence-corrected chi connectivity index (χ0v) is 19.5. The number of nitrogens with zero attached hydrogens (tertiary/aromatic N) is 1. The Morgan fingerprint density at radius 2 is 1.58 bits per heavy atom. The lowest BCUT2D eigenvalue weighted by molar-refractivity contribution is -0.116. The molecular formula is C23H32N2O5S. The molecule has 2 rings (SSSR count). The van der Waals surface area contributed by atoms with Gasteiger partial charge in [-0.25, -0.2) is 8.42 Å². The highest BCUT2D eigenvalue weighted by atomic mass is 32.2. The largest absolute Gasteiger partial charge is 0.494 e. The third kappa shape index (κ3) is 6.45. The van der Waals surface area contributed by atoms with E-state index >= 15 is 0 Å². The number of rotatable bonds is 12. The summed E-state index contributed by atoms with van der Waals surface area (Å²) in [7, 11) is -3.74. The number of para-hydroxylation sites is 1. The Labute approximate surface area is 185 Å². The molecule has 0 heterocycles. The van der Waals surface area contributed by atoms with E-state index < -0.39 is 10.0 Å². The Morgan fingerprint density at radius 1 is 0.935 bits per heavy atom. The monoisotopic (exact) mass is 448 g/mol. The molecule has 2 aromatic carbocycles. The van der Waals surface area contributed by atoms with Crippen LogP contribution in [-0.2, 0) is 21.2 Å². The van der Waals surface area contributed by atoms with Crippen LogP contribution in [0.1, 0.15) is 39.7 Å². The van der Waals surface area contributed by atoms with E-state index in [0.29, 0.717) is 38.4 Å². The first-order chi connectivity index (χ1) is 14.9. The Hall–Kier alpha value is -2.58. The van der Waals surface area contributed by atoms with Gasteiger partial charge >= 0.3 is 0 Å². The molecule has 0 bridgehead atoms. The summed E-state index contributed by atoms with van der Waals surface area (Å²) in [6, 6.07) is 12.3. The molecule has 0 aliphatic heterocycles. The van der Waals surface area contributed by atoms with Crippen LogP contribution in [0.15, 0.2) is 47.4 Å². The number of anilines is 1. The quantitative estimate of drug-likeness (QED) is 0.529. The van der Waals surface area contributed by atoms with Crippen molar-refractivity contribution in [2.24, 2.45) is 0 Å². The highest BCUT2D eigenvalue weighted by molar-refractivity contribution is 7.89. The molecule has 170 valence electrons. The van der Waals surface area contributed by atoms with Crippen molar-refractivity contribution in [1.29, 1.82) is 0 Å². The Bertz CT molecular complexity index is 972. The lowest BCUT2D eigenvalue weighted by atomic mass is 10.1. The van der Waals surface area contributed by atoms with E-state index in [9.17, 15) is 13.2 Å². The second kappa shape index (κ2) is 11.7. The molecule has 0 unspecified atom stereocenters. The van der Waals surface area contributed by atoms with Crippen LogP contribution in [0.4, 0.5) is 5.69 Å². The van der Waals surface area contributed by atoms with E-state index in [1.807, 2.05) is 31.2 Å². The van der Waals surface area contributed by atoms with Crippen molar-refractivity contribution < 1.29 is 22.7 Å². The first kappa shape index (κ1) is 24.7. The molecule has 0 saturated carbocycles. The van der Waals surface area contributed by atoms with Gasteiger partial charge in [0.15, 0.2) is 0 Å². The normalized spacial score (nSPS) is 11.4. The second-order valence-corrected chi connectivity index (χ2v) is 8.68. The van der Waals surface area contributed by atoms with Gasteiger partial charge in [-0.1, -0.05) is 32.0 Å². The number of nitrogens with one attached hydrogen (secondary N) is 1. The Kier molecular flexibility index (Phi) is 9.33. The summed E-state index contributed by atoms with van der Waals surface area (Å²) < 4.78 is 38.6. The minimum atomic E-state index is -3.74. The number of benzene rings is 2. The molecule has 0 fully saturated rings. The van der Waals surface area contributed by atoms with Crippen molar-refractivity contribution in [2.45, 2.75) is 45.4 Å².